The lowest BCUT2D eigenvalue weighted by Gasteiger charge is -2.32. The number of nitrogens with two attached hydrogens (primary N) is 1. The second-order valence-electron chi connectivity index (χ2n) is 5.58. The van der Waals surface area contributed by atoms with E-state index in [4.69, 9.17) is 5.73 Å². The molecule has 5 nitrogen and oxygen atoms in total. The van der Waals surface area contributed by atoms with Crippen molar-refractivity contribution < 1.29 is 9.59 Å². The molecule has 0 atom stereocenters. The number of carbonyl (C=O) groups excluding carboxylic acids is 2. The third-order valence-corrected chi connectivity index (χ3v) is 3.97. The molecule has 1 fully saturated rings. The van der Waals surface area contributed by atoms with Crippen LogP contribution >= 0.6 is 0 Å². The topological polar surface area (TPSA) is 66.6 Å². The summed E-state index contributed by atoms with van der Waals surface area (Å²) in [5.74, 6) is 0.428. The first kappa shape index (κ1) is 15.5. The van der Waals surface area contributed by atoms with Gasteiger partial charge in [0.15, 0.2) is 0 Å². The molecule has 0 aliphatic carbocycles. The first-order chi connectivity index (χ1) is 10.1. The summed E-state index contributed by atoms with van der Waals surface area (Å²) < 4.78 is 0. The summed E-state index contributed by atoms with van der Waals surface area (Å²) in [4.78, 5) is 27.7. The fourth-order valence-corrected chi connectivity index (χ4v) is 2.53. The molecule has 2 N–H and O–H groups in total. The number of likely N-dealkylation sites (tertiary alicyclic amines) is 1. The van der Waals surface area contributed by atoms with Crippen molar-refractivity contribution in [1.29, 1.82) is 0 Å². The third-order valence-electron chi connectivity index (χ3n) is 3.97. The third kappa shape index (κ3) is 4.04. The quantitative estimate of drug-likeness (QED) is 0.907. The van der Waals surface area contributed by atoms with E-state index in [0.717, 1.165) is 25.9 Å². The minimum Gasteiger partial charge on any atom is -0.341 e. The second-order valence-corrected chi connectivity index (χ2v) is 5.58. The molecule has 114 valence electrons. The Hall–Kier alpha value is -1.88. The summed E-state index contributed by atoms with van der Waals surface area (Å²) in [5, 5.41) is 0. The van der Waals surface area contributed by atoms with E-state index >= 15 is 0 Å². The summed E-state index contributed by atoms with van der Waals surface area (Å²) in [5.41, 5.74) is 6.18. The van der Waals surface area contributed by atoms with Crippen molar-refractivity contribution in [3.8, 4) is 0 Å². The lowest BCUT2D eigenvalue weighted by molar-refractivity contribution is -0.132. The van der Waals surface area contributed by atoms with Gasteiger partial charge in [0.2, 0.25) is 11.8 Å². The molecule has 0 saturated carbocycles. The Morgan fingerprint density at radius 2 is 1.86 bits per heavy atom. The van der Waals surface area contributed by atoms with Crippen molar-refractivity contribution in [3.05, 3.63) is 30.3 Å². The molecular weight excluding hydrogens is 266 g/mol. The predicted octanol–water partition coefficient (Wildman–Crippen LogP) is 1.24. The van der Waals surface area contributed by atoms with Crippen LogP contribution in [0, 0.1) is 5.92 Å². The Kier molecular flexibility index (Phi) is 5.33. The largest absolute Gasteiger partial charge is 0.341 e. The highest BCUT2D eigenvalue weighted by Crippen LogP contribution is 2.18. The van der Waals surface area contributed by atoms with Crippen LogP contribution < -0.4 is 10.6 Å². The molecule has 2 amide bonds. The molecule has 0 unspecified atom stereocenters. The number of anilines is 1. The van der Waals surface area contributed by atoms with Gasteiger partial charge in [-0.2, -0.15) is 0 Å². The van der Waals surface area contributed by atoms with Gasteiger partial charge >= 0.3 is 0 Å². The average molecular weight is 289 g/mol. The highest BCUT2D eigenvalue weighted by molar-refractivity contribution is 5.99. The average Bonchev–Trinajstić information content (AvgIpc) is 2.53. The van der Waals surface area contributed by atoms with Crippen LogP contribution in [0.15, 0.2) is 30.3 Å². The number of piperidine rings is 1. The van der Waals surface area contributed by atoms with E-state index in [9.17, 15) is 9.59 Å². The minimum atomic E-state index is -0.236. The van der Waals surface area contributed by atoms with Gasteiger partial charge < -0.3 is 15.5 Å². The van der Waals surface area contributed by atoms with Crippen LogP contribution in [0.5, 0.6) is 0 Å². The van der Waals surface area contributed by atoms with Crippen LogP contribution in [0.1, 0.15) is 19.8 Å². The number of carbonyl (C=O) groups is 2. The van der Waals surface area contributed by atoms with Gasteiger partial charge in [0, 0.05) is 18.8 Å². The molecular formula is C16H23N3O2. The molecule has 0 aromatic heterocycles. The lowest BCUT2D eigenvalue weighted by Crippen LogP contribution is -2.47. The van der Waals surface area contributed by atoms with E-state index in [-0.39, 0.29) is 24.9 Å². The van der Waals surface area contributed by atoms with E-state index in [1.165, 1.54) is 4.90 Å². The number of hydrogen-bond donors (Lipinski definition) is 1. The molecule has 1 aromatic carbocycles. The first-order valence-electron chi connectivity index (χ1n) is 7.45. The smallest absolute Gasteiger partial charge is 0.242 e. The van der Waals surface area contributed by atoms with Crippen LogP contribution in [0.3, 0.4) is 0 Å². The van der Waals surface area contributed by atoms with Gasteiger partial charge in [-0.25, -0.2) is 0 Å². The van der Waals surface area contributed by atoms with Gasteiger partial charge in [0.05, 0.1) is 6.54 Å². The molecule has 1 saturated heterocycles. The lowest BCUT2D eigenvalue weighted by atomic mass is 9.99. The van der Waals surface area contributed by atoms with Crippen molar-refractivity contribution in [2.24, 2.45) is 11.7 Å². The maximum absolute atomic E-state index is 12.4. The number of para-hydroxylation sites is 1. The van der Waals surface area contributed by atoms with E-state index in [1.807, 2.05) is 35.2 Å². The Morgan fingerprint density at radius 3 is 2.43 bits per heavy atom. The predicted molar refractivity (Wildman–Crippen MR) is 82.8 cm³/mol. The molecule has 0 spiro atoms. The maximum atomic E-state index is 12.4. The van der Waals surface area contributed by atoms with E-state index in [1.54, 1.807) is 0 Å². The van der Waals surface area contributed by atoms with Gasteiger partial charge in [-0.3, -0.25) is 9.59 Å². The Balaban J connectivity index is 2.05. The molecule has 0 radical (unpaired) electrons. The molecule has 1 heterocycles. The normalized spacial score (nSPS) is 15.8. The highest BCUT2D eigenvalue weighted by Gasteiger charge is 2.24. The highest BCUT2D eigenvalue weighted by atomic mass is 16.2. The fraction of sp³-hybridized carbons (Fsp3) is 0.500. The Bertz CT molecular complexity index is 482. The number of rotatable bonds is 4. The number of benzene rings is 1. The zero-order chi connectivity index (χ0) is 15.2. The monoisotopic (exact) mass is 289 g/mol. The summed E-state index contributed by atoms with van der Waals surface area (Å²) in [6.45, 7) is 3.72. The zero-order valence-corrected chi connectivity index (χ0v) is 12.5. The molecule has 21 heavy (non-hydrogen) atoms. The SMILES string of the molecule is CC1CCN(C(=O)CN(C(=O)CN)c2ccccc2)CC1. The number of hydrogen-bond acceptors (Lipinski definition) is 3. The van der Waals surface area contributed by atoms with Crippen LogP contribution in [-0.4, -0.2) is 42.9 Å². The van der Waals surface area contributed by atoms with Crippen LogP contribution in [0.4, 0.5) is 5.69 Å². The molecule has 2 rings (SSSR count). The standard InChI is InChI=1S/C16H23N3O2/c1-13-7-9-18(10-8-13)16(21)12-19(15(20)11-17)14-5-3-2-4-6-14/h2-6,13H,7-12,17H2,1H3. The van der Waals surface area contributed by atoms with Gasteiger partial charge in [-0.05, 0) is 30.9 Å². The molecule has 1 aliphatic rings. The van der Waals surface area contributed by atoms with Crippen molar-refractivity contribution in [3.63, 3.8) is 0 Å². The Labute approximate surface area is 125 Å². The fourth-order valence-electron chi connectivity index (χ4n) is 2.53. The van der Waals surface area contributed by atoms with Crippen LogP contribution in [-0.2, 0) is 9.59 Å². The van der Waals surface area contributed by atoms with Crippen LogP contribution in [0.25, 0.3) is 0 Å². The van der Waals surface area contributed by atoms with E-state index in [0.29, 0.717) is 11.6 Å². The Morgan fingerprint density at radius 1 is 1.24 bits per heavy atom. The number of nitrogens with zero attached hydrogens (tertiary/aromatic N) is 2. The van der Waals surface area contributed by atoms with Crippen molar-refractivity contribution in [2.75, 3.05) is 31.1 Å². The second kappa shape index (κ2) is 7.22. The van der Waals surface area contributed by atoms with Gasteiger partial charge in [-0.15, -0.1) is 0 Å². The van der Waals surface area contributed by atoms with Crippen molar-refractivity contribution in [1.82, 2.24) is 4.90 Å². The van der Waals surface area contributed by atoms with Crippen molar-refractivity contribution >= 4 is 17.5 Å². The number of amides is 2. The van der Waals surface area contributed by atoms with Gasteiger partial charge in [-0.1, -0.05) is 25.1 Å². The summed E-state index contributed by atoms with van der Waals surface area (Å²) in [6.07, 6.45) is 2.06. The van der Waals surface area contributed by atoms with Crippen LogP contribution in [0.2, 0.25) is 0 Å². The summed E-state index contributed by atoms with van der Waals surface area (Å²) in [7, 11) is 0. The van der Waals surface area contributed by atoms with Gasteiger partial charge in [0.25, 0.3) is 0 Å². The zero-order valence-electron chi connectivity index (χ0n) is 12.5. The molecule has 5 heteroatoms. The summed E-state index contributed by atoms with van der Waals surface area (Å²) in [6, 6.07) is 9.21. The first-order valence-corrected chi connectivity index (χ1v) is 7.45. The van der Waals surface area contributed by atoms with Crippen molar-refractivity contribution in [2.45, 2.75) is 19.8 Å². The van der Waals surface area contributed by atoms with E-state index in [2.05, 4.69) is 6.92 Å². The summed E-state index contributed by atoms with van der Waals surface area (Å²) >= 11 is 0. The van der Waals surface area contributed by atoms with E-state index < -0.39 is 0 Å². The minimum absolute atomic E-state index is 0.00690. The molecule has 1 aliphatic heterocycles. The molecule has 0 bridgehead atoms. The van der Waals surface area contributed by atoms with Gasteiger partial charge in [0.1, 0.15) is 6.54 Å². The maximum Gasteiger partial charge on any atom is 0.242 e. The molecule has 1 aromatic rings.